The molecular weight excluding hydrogens is 182 g/mol. The normalized spacial score (nSPS) is 32.0. The average Bonchev–Trinajstić information content (AvgIpc) is 2.08. The first-order chi connectivity index (χ1) is 6.09. The van der Waals surface area contributed by atoms with Crippen LogP contribution in [0.1, 0.15) is 33.6 Å². The molecule has 1 aliphatic heterocycles. The fraction of sp³-hybridized carbons (Fsp3) is 1.00. The Hall–Kier alpha value is 0.110. The van der Waals surface area contributed by atoms with E-state index in [9.17, 15) is 4.21 Å². The third-order valence-electron chi connectivity index (χ3n) is 2.89. The van der Waals surface area contributed by atoms with E-state index in [1.165, 1.54) is 0 Å². The van der Waals surface area contributed by atoms with Crippen LogP contribution in [0.25, 0.3) is 0 Å². The summed E-state index contributed by atoms with van der Waals surface area (Å²) in [6.07, 6.45) is 2.17. The van der Waals surface area contributed by atoms with Crippen molar-refractivity contribution in [3.05, 3.63) is 0 Å². The van der Waals surface area contributed by atoms with E-state index < -0.39 is 10.8 Å². The van der Waals surface area contributed by atoms with Crippen LogP contribution in [0.2, 0.25) is 0 Å². The first-order valence-corrected chi connectivity index (χ1v) is 6.69. The van der Waals surface area contributed by atoms with Gasteiger partial charge in [0, 0.05) is 34.4 Å². The second-order valence-electron chi connectivity index (χ2n) is 4.32. The van der Waals surface area contributed by atoms with E-state index in [0.717, 1.165) is 24.3 Å². The van der Waals surface area contributed by atoms with Crippen molar-refractivity contribution < 1.29 is 4.21 Å². The van der Waals surface area contributed by atoms with E-state index in [2.05, 4.69) is 26.1 Å². The molecule has 1 N–H and O–H groups in total. The van der Waals surface area contributed by atoms with Crippen LogP contribution in [0.4, 0.5) is 0 Å². The standard InChI is InChI=1S/C10H21NOS/c1-8(2)9(3)11-10-4-6-13(12)7-5-10/h8-11H,4-7H2,1-3H3. The van der Waals surface area contributed by atoms with Gasteiger partial charge in [-0.25, -0.2) is 0 Å². The minimum Gasteiger partial charge on any atom is -0.311 e. The summed E-state index contributed by atoms with van der Waals surface area (Å²) in [5.41, 5.74) is 0. The second kappa shape index (κ2) is 5.11. The molecule has 1 unspecified atom stereocenters. The zero-order valence-corrected chi connectivity index (χ0v) is 9.69. The Balaban J connectivity index is 2.26. The van der Waals surface area contributed by atoms with E-state index in [1.807, 2.05) is 0 Å². The van der Waals surface area contributed by atoms with Gasteiger partial charge in [-0.1, -0.05) is 13.8 Å². The van der Waals surface area contributed by atoms with Crippen LogP contribution in [0.5, 0.6) is 0 Å². The molecule has 1 fully saturated rings. The van der Waals surface area contributed by atoms with E-state index in [-0.39, 0.29) is 0 Å². The lowest BCUT2D eigenvalue weighted by Crippen LogP contribution is -2.42. The molecule has 0 aliphatic carbocycles. The molecule has 13 heavy (non-hydrogen) atoms. The second-order valence-corrected chi connectivity index (χ2v) is 6.02. The van der Waals surface area contributed by atoms with E-state index in [0.29, 0.717) is 18.0 Å². The fourth-order valence-electron chi connectivity index (χ4n) is 1.52. The zero-order chi connectivity index (χ0) is 9.84. The lowest BCUT2D eigenvalue weighted by atomic mass is 10.0. The number of hydrogen-bond acceptors (Lipinski definition) is 2. The molecule has 0 bridgehead atoms. The molecule has 2 nitrogen and oxygen atoms in total. The van der Waals surface area contributed by atoms with Crippen LogP contribution >= 0.6 is 0 Å². The summed E-state index contributed by atoms with van der Waals surface area (Å²) in [6, 6.07) is 1.19. The summed E-state index contributed by atoms with van der Waals surface area (Å²) in [7, 11) is -0.526. The first kappa shape index (κ1) is 11.2. The molecule has 1 aliphatic rings. The Kier molecular flexibility index (Phi) is 4.39. The lowest BCUT2D eigenvalue weighted by Gasteiger charge is -2.28. The molecule has 0 aromatic rings. The highest BCUT2D eigenvalue weighted by Gasteiger charge is 2.19. The Morgan fingerprint density at radius 2 is 1.77 bits per heavy atom. The monoisotopic (exact) mass is 203 g/mol. The Labute approximate surface area is 83.9 Å². The van der Waals surface area contributed by atoms with Gasteiger partial charge in [-0.05, 0) is 25.7 Å². The third-order valence-corrected chi connectivity index (χ3v) is 4.27. The van der Waals surface area contributed by atoms with Gasteiger partial charge in [0.1, 0.15) is 0 Å². The van der Waals surface area contributed by atoms with Crippen LogP contribution in [-0.2, 0) is 10.8 Å². The molecular formula is C10H21NOS. The Bertz CT molecular complexity index is 172. The molecule has 0 amide bonds. The van der Waals surface area contributed by atoms with Gasteiger partial charge in [0.05, 0.1) is 0 Å². The lowest BCUT2D eigenvalue weighted by molar-refractivity contribution is 0.357. The van der Waals surface area contributed by atoms with Gasteiger partial charge in [0.15, 0.2) is 0 Å². The van der Waals surface area contributed by atoms with Crippen molar-refractivity contribution in [3.63, 3.8) is 0 Å². The summed E-state index contributed by atoms with van der Waals surface area (Å²) in [5.74, 6) is 2.47. The molecule has 1 heterocycles. The third kappa shape index (κ3) is 3.77. The topological polar surface area (TPSA) is 29.1 Å². The van der Waals surface area contributed by atoms with Crippen molar-refractivity contribution in [2.75, 3.05) is 11.5 Å². The molecule has 1 atom stereocenters. The van der Waals surface area contributed by atoms with Crippen molar-refractivity contribution in [1.29, 1.82) is 0 Å². The number of nitrogens with one attached hydrogen (secondary N) is 1. The van der Waals surface area contributed by atoms with Crippen molar-refractivity contribution in [1.82, 2.24) is 5.32 Å². The Morgan fingerprint density at radius 1 is 1.23 bits per heavy atom. The number of rotatable bonds is 3. The Morgan fingerprint density at radius 3 is 2.23 bits per heavy atom. The van der Waals surface area contributed by atoms with Gasteiger partial charge in [-0.2, -0.15) is 0 Å². The van der Waals surface area contributed by atoms with Gasteiger partial charge in [0.2, 0.25) is 0 Å². The highest BCUT2D eigenvalue weighted by Crippen LogP contribution is 2.11. The summed E-state index contributed by atoms with van der Waals surface area (Å²) in [5, 5.41) is 3.60. The summed E-state index contributed by atoms with van der Waals surface area (Å²) >= 11 is 0. The van der Waals surface area contributed by atoms with Crippen LogP contribution in [0, 0.1) is 5.92 Å². The maximum atomic E-state index is 11.1. The van der Waals surface area contributed by atoms with Crippen LogP contribution in [-0.4, -0.2) is 27.8 Å². The van der Waals surface area contributed by atoms with Crippen molar-refractivity contribution >= 4 is 10.8 Å². The molecule has 0 saturated carbocycles. The van der Waals surface area contributed by atoms with Gasteiger partial charge >= 0.3 is 0 Å². The van der Waals surface area contributed by atoms with Crippen LogP contribution < -0.4 is 5.32 Å². The predicted molar refractivity (Wildman–Crippen MR) is 58.3 cm³/mol. The maximum Gasteiger partial charge on any atom is 0.0249 e. The zero-order valence-electron chi connectivity index (χ0n) is 8.88. The van der Waals surface area contributed by atoms with Crippen LogP contribution in [0.15, 0.2) is 0 Å². The molecule has 3 heteroatoms. The molecule has 78 valence electrons. The number of hydrogen-bond donors (Lipinski definition) is 1. The summed E-state index contributed by atoms with van der Waals surface area (Å²) in [6.45, 7) is 6.70. The first-order valence-electron chi connectivity index (χ1n) is 5.20. The maximum absolute atomic E-state index is 11.1. The highest BCUT2D eigenvalue weighted by atomic mass is 32.2. The van der Waals surface area contributed by atoms with Gasteiger partial charge < -0.3 is 5.32 Å². The van der Waals surface area contributed by atoms with E-state index >= 15 is 0 Å². The van der Waals surface area contributed by atoms with Gasteiger partial charge in [-0.3, -0.25) is 4.21 Å². The van der Waals surface area contributed by atoms with Crippen molar-refractivity contribution in [2.45, 2.75) is 45.7 Å². The highest BCUT2D eigenvalue weighted by molar-refractivity contribution is 7.85. The molecule has 0 spiro atoms. The molecule has 1 rings (SSSR count). The van der Waals surface area contributed by atoms with Crippen molar-refractivity contribution in [3.8, 4) is 0 Å². The van der Waals surface area contributed by atoms with E-state index in [4.69, 9.17) is 0 Å². The quantitative estimate of drug-likeness (QED) is 0.754. The minimum absolute atomic E-state index is 0.526. The molecule has 1 saturated heterocycles. The largest absolute Gasteiger partial charge is 0.311 e. The predicted octanol–water partition coefficient (Wildman–Crippen LogP) is 1.53. The molecule has 0 radical (unpaired) electrons. The smallest absolute Gasteiger partial charge is 0.0249 e. The molecule has 0 aromatic carbocycles. The van der Waals surface area contributed by atoms with E-state index in [1.54, 1.807) is 0 Å². The van der Waals surface area contributed by atoms with Crippen molar-refractivity contribution in [2.24, 2.45) is 5.92 Å². The van der Waals surface area contributed by atoms with Gasteiger partial charge in [-0.15, -0.1) is 0 Å². The summed E-state index contributed by atoms with van der Waals surface area (Å²) in [4.78, 5) is 0. The SMILES string of the molecule is CC(C)C(C)NC1CCS(=O)CC1. The average molecular weight is 203 g/mol. The van der Waals surface area contributed by atoms with Crippen LogP contribution in [0.3, 0.4) is 0 Å². The fourth-order valence-corrected chi connectivity index (χ4v) is 2.82. The summed E-state index contributed by atoms with van der Waals surface area (Å²) < 4.78 is 11.1. The molecule has 0 aromatic heterocycles. The van der Waals surface area contributed by atoms with Gasteiger partial charge in [0.25, 0.3) is 0 Å². The minimum atomic E-state index is -0.526.